The maximum atomic E-state index is 5.14. The summed E-state index contributed by atoms with van der Waals surface area (Å²) in [5.74, 6) is 0. The van der Waals surface area contributed by atoms with E-state index in [0.29, 0.717) is 6.04 Å². The molecule has 0 saturated heterocycles. The molecule has 1 rings (SSSR count). The minimum Gasteiger partial charge on any atom is -0.383 e. The van der Waals surface area contributed by atoms with Crippen molar-refractivity contribution in [3.63, 3.8) is 0 Å². The van der Waals surface area contributed by atoms with Crippen LogP contribution in [0.4, 0.5) is 0 Å². The Balaban J connectivity index is 2.41. The molecule has 0 amide bonds. The summed E-state index contributed by atoms with van der Waals surface area (Å²) in [6, 6.07) is 9.04. The van der Waals surface area contributed by atoms with Gasteiger partial charge >= 0.3 is 0 Å². The van der Waals surface area contributed by atoms with Crippen molar-refractivity contribution in [1.29, 1.82) is 0 Å². The van der Waals surface area contributed by atoms with Gasteiger partial charge in [-0.3, -0.25) is 0 Å². The summed E-state index contributed by atoms with van der Waals surface area (Å²) in [5.41, 5.74) is 2.65. The van der Waals surface area contributed by atoms with Crippen LogP contribution in [0.15, 0.2) is 24.3 Å². The normalized spacial score (nSPS) is 12.7. The zero-order valence-electron chi connectivity index (χ0n) is 9.92. The fourth-order valence-corrected chi connectivity index (χ4v) is 1.61. The molecule has 2 heteroatoms. The number of hydrogen-bond donors (Lipinski definition) is 1. The quantitative estimate of drug-likeness (QED) is 0.774. The number of nitrogens with one attached hydrogen (secondary N) is 1. The van der Waals surface area contributed by atoms with Crippen molar-refractivity contribution >= 4 is 0 Å². The summed E-state index contributed by atoms with van der Waals surface area (Å²) in [6.07, 6.45) is 1.10. The first-order chi connectivity index (χ1) is 7.26. The standard InChI is InChI=1S/C13H21NO/c1-4-13(10-15-3)14-9-12-7-5-6-11(2)8-12/h5-8,13-14H,4,9-10H2,1-3H3. The molecule has 1 aromatic carbocycles. The molecule has 84 valence electrons. The van der Waals surface area contributed by atoms with Gasteiger partial charge in [0, 0.05) is 19.7 Å². The van der Waals surface area contributed by atoms with Gasteiger partial charge in [-0.15, -0.1) is 0 Å². The van der Waals surface area contributed by atoms with Crippen LogP contribution in [-0.4, -0.2) is 19.8 Å². The minimum absolute atomic E-state index is 0.454. The third-order valence-corrected chi connectivity index (χ3v) is 2.54. The highest BCUT2D eigenvalue weighted by atomic mass is 16.5. The van der Waals surface area contributed by atoms with Crippen LogP contribution in [-0.2, 0) is 11.3 Å². The van der Waals surface area contributed by atoms with Crippen molar-refractivity contribution < 1.29 is 4.74 Å². The molecule has 0 heterocycles. The smallest absolute Gasteiger partial charge is 0.0615 e. The van der Waals surface area contributed by atoms with E-state index in [1.54, 1.807) is 7.11 Å². The molecule has 15 heavy (non-hydrogen) atoms. The van der Waals surface area contributed by atoms with Crippen LogP contribution < -0.4 is 5.32 Å². The van der Waals surface area contributed by atoms with E-state index in [0.717, 1.165) is 19.6 Å². The highest BCUT2D eigenvalue weighted by Gasteiger charge is 2.04. The molecule has 1 unspecified atom stereocenters. The van der Waals surface area contributed by atoms with Crippen molar-refractivity contribution in [3.05, 3.63) is 35.4 Å². The molecular formula is C13H21NO. The van der Waals surface area contributed by atoms with Gasteiger partial charge in [-0.1, -0.05) is 36.8 Å². The van der Waals surface area contributed by atoms with Crippen LogP contribution in [0.2, 0.25) is 0 Å². The van der Waals surface area contributed by atoms with E-state index < -0.39 is 0 Å². The number of ether oxygens (including phenoxy) is 1. The van der Waals surface area contributed by atoms with Crippen LogP contribution in [0.5, 0.6) is 0 Å². The molecule has 0 bridgehead atoms. The summed E-state index contributed by atoms with van der Waals surface area (Å²) in [4.78, 5) is 0. The maximum Gasteiger partial charge on any atom is 0.0615 e. The lowest BCUT2D eigenvalue weighted by atomic mass is 10.1. The molecule has 0 aromatic heterocycles. The monoisotopic (exact) mass is 207 g/mol. The van der Waals surface area contributed by atoms with Crippen molar-refractivity contribution in [2.45, 2.75) is 32.9 Å². The first-order valence-electron chi connectivity index (χ1n) is 5.54. The molecule has 0 fully saturated rings. The molecule has 1 aromatic rings. The van der Waals surface area contributed by atoms with Crippen LogP contribution in [0.25, 0.3) is 0 Å². The average molecular weight is 207 g/mol. The molecule has 0 aliphatic carbocycles. The topological polar surface area (TPSA) is 21.3 Å². The Bertz CT molecular complexity index is 286. The Morgan fingerprint density at radius 1 is 1.40 bits per heavy atom. The number of methoxy groups -OCH3 is 1. The van der Waals surface area contributed by atoms with Gasteiger partial charge in [0.25, 0.3) is 0 Å². The van der Waals surface area contributed by atoms with Gasteiger partial charge in [0.2, 0.25) is 0 Å². The van der Waals surface area contributed by atoms with Gasteiger partial charge < -0.3 is 10.1 Å². The van der Waals surface area contributed by atoms with Crippen LogP contribution in [0.3, 0.4) is 0 Å². The average Bonchev–Trinajstić information content (AvgIpc) is 2.24. The molecule has 1 N–H and O–H groups in total. The molecule has 0 aliphatic rings. The van der Waals surface area contributed by atoms with E-state index in [9.17, 15) is 0 Å². The first-order valence-corrected chi connectivity index (χ1v) is 5.54. The summed E-state index contributed by atoms with van der Waals surface area (Å²) >= 11 is 0. The van der Waals surface area contributed by atoms with E-state index in [4.69, 9.17) is 4.74 Å². The van der Waals surface area contributed by atoms with Gasteiger partial charge in [-0.2, -0.15) is 0 Å². The molecular weight excluding hydrogens is 186 g/mol. The molecule has 0 spiro atoms. The van der Waals surface area contributed by atoms with Crippen molar-refractivity contribution in [2.75, 3.05) is 13.7 Å². The van der Waals surface area contributed by atoms with Gasteiger partial charge in [-0.25, -0.2) is 0 Å². The lowest BCUT2D eigenvalue weighted by Gasteiger charge is -2.15. The van der Waals surface area contributed by atoms with Gasteiger partial charge in [0.1, 0.15) is 0 Å². The van der Waals surface area contributed by atoms with E-state index in [-0.39, 0.29) is 0 Å². The molecule has 0 radical (unpaired) electrons. The Morgan fingerprint density at radius 3 is 2.80 bits per heavy atom. The first kappa shape index (κ1) is 12.2. The minimum atomic E-state index is 0.454. The van der Waals surface area contributed by atoms with E-state index in [1.807, 2.05) is 0 Å². The van der Waals surface area contributed by atoms with Crippen molar-refractivity contribution in [1.82, 2.24) is 5.32 Å². The second-order valence-corrected chi connectivity index (χ2v) is 3.93. The Hall–Kier alpha value is -0.860. The molecule has 1 atom stereocenters. The highest BCUT2D eigenvalue weighted by Crippen LogP contribution is 2.04. The fraction of sp³-hybridized carbons (Fsp3) is 0.538. The van der Waals surface area contributed by atoms with Crippen LogP contribution >= 0.6 is 0 Å². The zero-order valence-corrected chi connectivity index (χ0v) is 9.92. The van der Waals surface area contributed by atoms with Crippen LogP contribution in [0, 0.1) is 6.92 Å². The van der Waals surface area contributed by atoms with Crippen molar-refractivity contribution in [2.24, 2.45) is 0 Å². The van der Waals surface area contributed by atoms with Gasteiger partial charge in [0.15, 0.2) is 0 Å². The molecule has 0 aliphatic heterocycles. The largest absolute Gasteiger partial charge is 0.383 e. The van der Waals surface area contributed by atoms with E-state index in [2.05, 4.69) is 43.4 Å². The zero-order chi connectivity index (χ0) is 11.1. The van der Waals surface area contributed by atoms with E-state index in [1.165, 1.54) is 11.1 Å². The third kappa shape index (κ3) is 4.45. The van der Waals surface area contributed by atoms with Crippen LogP contribution in [0.1, 0.15) is 24.5 Å². The second kappa shape index (κ2) is 6.59. The number of aryl methyl sites for hydroxylation is 1. The maximum absolute atomic E-state index is 5.14. The molecule has 0 saturated carbocycles. The van der Waals surface area contributed by atoms with E-state index >= 15 is 0 Å². The number of rotatable bonds is 6. The lowest BCUT2D eigenvalue weighted by Crippen LogP contribution is -2.31. The SMILES string of the molecule is CCC(COC)NCc1cccc(C)c1. The second-order valence-electron chi connectivity index (χ2n) is 3.93. The Labute approximate surface area is 92.6 Å². The number of benzene rings is 1. The summed E-state index contributed by atoms with van der Waals surface area (Å²) in [7, 11) is 1.75. The van der Waals surface area contributed by atoms with Gasteiger partial charge in [-0.05, 0) is 18.9 Å². The van der Waals surface area contributed by atoms with Crippen molar-refractivity contribution in [3.8, 4) is 0 Å². The summed E-state index contributed by atoms with van der Waals surface area (Å²) < 4.78 is 5.14. The highest BCUT2D eigenvalue weighted by molar-refractivity contribution is 5.21. The predicted octanol–water partition coefficient (Wildman–Crippen LogP) is 2.51. The number of hydrogen-bond acceptors (Lipinski definition) is 2. The summed E-state index contributed by atoms with van der Waals surface area (Å²) in [6.45, 7) is 5.99. The Morgan fingerprint density at radius 2 is 2.20 bits per heavy atom. The molecule has 2 nitrogen and oxygen atoms in total. The fourth-order valence-electron chi connectivity index (χ4n) is 1.61. The van der Waals surface area contributed by atoms with Gasteiger partial charge in [0.05, 0.1) is 6.61 Å². The summed E-state index contributed by atoms with van der Waals surface area (Å²) in [5, 5.41) is 3.49. The third-order valence-electron chi connectivity index (χ3n) is 2.54. The predicted molar refractivity (Wildman–Crippen MR) is 64.0 cm³/mol. The lowest BCUT2D eigenvalue weighted by molar-refractivity contribution is 0.164. The Kier molecular flexibility index (Phi) is 5.37.